The first-order valence-corrected chi connectivity index (χ1v) is 11.6. The number of aryl methyl sites for hydroxylation is 1. The van der Waals surface area contributed by atoms with E-state index < -0.39 is 6.29 Å². The van der Waals surface area contributed by atoms with E-state index in [-0.39, 0.29) is 11.9 Å². The minimum atomic E-state index is -0.396. The molecule has 7 heteroatoms. The average molecular weight is 444 g/mol. The van der Waals surface area contributed by atoms with Crippen molar-refractivity contribution in [3.05, 3.63) is 41.7 Å². The predicted molar refractivity (Wildman–Crippen MR) is 124 cm³/mol. The number of aromatic nitrogens is 2. The highest BCUT2D eigenvalue weighted by molar-refractivity contribution is 5.76. The van der Waals surface area contributed by atoms with Crippen LogP contribution < -0.4 is 0 Å². The molecule has 1 fully saturated rings. The van der Waals surface area contributed by atoms with Crippen molar-refractivity contribution in [2.75, 3.05) is 34.0 Å². The van der Waals surface area contributed by atoms with Gasteiger partial charge in [0.15, 0.2) is 6.29 Å². The number of amides is 1. The van der Waals surface area contributed by atoms with Crippen LogP contribution in [-0.2, 0) is 25.4 Å². The second kappa shape index (κ2) is 12.7. The van der Waals surface area contributed by atoms with Crippen LogP contribution in [0, 0.1) is 6.92 Å². The van der Waals surface area contributed by atoms with Gasteiger partial charge in [0.25, 0.3) is 0 Å². The molecule has 1 aromatic heterocycles. The number of methoxy groups -OCH3 is 2. The van der Waals surface area contributed by atoms with Gasteiger partial charge in [-0.05, 0) is 37.8 Å². The molecular weight excluding hydrogens is 406 g/mol. The number of carbonyl (C=O) groups excluding carboxylic acids is 1. The lowest BCUT2D eigenvalue weighted by molar-refractivity contribution is -0.151. The lowest BCUT2D eigenvalue weighted by atomic mass is 9.94. The van der Waals surface area contributed by atoms with Gasteiger partial charge in [-0.1, -0.05) is 37.5 Å². The van der Waals surface area contributed by atoms with Gasteiger partial charge in [-0.3, -0.25) is 4.79 Å². The monoisotopic (exact) mass is 443 g/mol. The Kier molecular flexibility index (Phi) is 9.71. The number of H-pyrrole nitrogens is 1. The molecule has 0 unspecified atom stereocenters. The third-order valence-electron chi connectivity index (χ3n) is 6.11. The molecule has 1 N–H and O–H groups in total. The molecule has 0 bridgehead atoms. The molecule has 0 atom stereocenters. The fourth-order valence-electron chi connectivity index (χ4n) is 4.28. The number of aromatic amines is 1. The van der Waals surface area contributed by atoms with Crippen LogP contribution >= 0.6 is 0 Å². The summed E-state index contributed by atoms with van der Waals surface area (Å²) in [6, 6.07) is 8.59. The Labute approximate surface area is 191 Å². The number of ether oxygens (including phenoxy) is 3. The highest BCUT2D eigenvalue weighted by atomic mass is 16.7. The van der Waals surface area contributed by atoms with Crippen LogP contribution in [-0.4, -0.2) is 67.1 Å². The van der Waals surface area contributed by atoms with Gasteiger partial charge in [0, 0.05) is 37.7 Å². The number of imidazole rings is 1. The molecular formula is C25H37N3O4. The van der Waals surface area contributed by atoms with Crippen LogP contribution in [0.5, 0.6) is 0 Å². The second-order valence-corrected chi connectivity index (χ2v) is 8.47. The smallest absolute Gasteiger partial charge is 0.225 e. The van der Waals surface area contributed by atoms with E-state index in [2.05, 4.69) is 28.2 Å². The third kappa shape index (κ3) is 7.15. The minimum Gasteiger partial charge on any atom is -0.381 e. The lowest BCUT2D eigenvalue weighted by Crippen LogP contribution is -2.46. The number of benzene rings is 1. The van der Waals surface area contributed by atoms with Gasteiger partial charge in [0.1, 0.15) is 5.82 Å². The van der Waals surface area contributed by atoms with Gasteiger partial charge in [-0.2, -0.15) is 0 Å². The maximum absolute atomic E-state index is 13.0. The Morgan fingerprint density at radius 1 is 1.19 bits per heavy atom. The van der Waals surface area contributed by atoms with Gasteiger partial charge in [0.2, 0.25) is 5.91 Å². The van der Waals surface area contributed by atoms with Crippen molar-refractivity contribution in [3.8, 4) is 11.4 Å². The maximum atomic E-state index is 13.0. The molecule has 1 aliphatic rings. The SMILES string of the molecule is COC(CN(C(=O)CCOCCc1cccc(-c2ncc(C)[nH]2)c1)C1CCCCC1)OC. The quantitative estimate of drug-likeness (QED) is 0.395. The topological polar surface area (TPSA) is 76.7 Å². The summed E-state index contributed by atoms with van der Waals surface area (Å²) in [5, 5.41) is 0. The van der Waals surface area contributed by atoms with Gasteiger partial charge < -0.3 is 24.1 Å². The number of nitrogens with zero attached hydrogens (tertiary/aromatic N) is 2. The molecule has 176 valence electrons. The second-order valence-electron chi connectivity index (χ2n) is 8.47. The summed E-state index contributed by atoms with van der Waals surface area (Å²) in [6.07, 6.45) is 8.31. The van der Waals surface area contributed by atoms with E-state index in [9.17, 15) is 4.79 Å². The normalized spacial score (nSPS) is 14.8. The number of hydrogen-bond donors (Lipinski definition) is 1. The molecule has 1 saturated carbocycles. The number of hydrogen-bond acceptors (Lipinski definition) is 5. The average Bonchev–Trinajstić information content (AvgIpc) is 3.26. The molecule has 0 radical (unpaired) electrons. The van der Waals surface area contributed by atoms with Crippen LogP contribution in [0.4, 0.5) is 0 Å². The number of nitrogens with one attached hydrogen (secondary N) is 1. The standard InChI is InChI=1S/C25H37N3O4/c1-19-17-26-25(27-19)21-9-7-8-20(16-21)12-14-32-15-13-23(29)28(18-24(30-2)31-3)22-10-5-4-6-11-22/h7-9,16-17,22,24H,4-6,10-15,18H2,1-3H3,(H,26,27). The summed E-state index contributed by atoms with van der Waals surface area (Å²) in [7, 11) is 3.23. The van der Waals surface area contributed by atoms with Crippen molar-refractivity contribution in [3.63, 3.8) is 0 Å². The molecule has 1 aliphatic carbocycles. The first kappa shape index (κ1) is 24.4. The molecule has 0 saturated heterocycles. The molecule has 2 aromatic rings. The van der Waals surface area contributed by atoms with Crippen molar-refractivity contribution >= 4 is 5.91 Å². The zero-order chi connectivity index (χ0) is 22.8. The van der Waals surface area contributed by atoms with Crippen LogP contribution in [0.25, 0.3) is 11.4 Å². The van der Waals surface area contributed by atoms with E-state index in [4.69, 9.17) is 14.2 Å². The van der Waals surface area contributed by atoms with Crippen LogP contribution in [0.1, 0.15) is 49.8 Å². The summed E-state index contributed by atoms with van der Waals surface area (Å²) in [6.45, 7) is 3.46. The number of rotatable bonds is 12. The lowest BCUT2D eigenvalue weighted by Gasteiger charge is -2.36. The van der Waals surface area contributed by atoms with Crippen molar-refractivity contribution in [2.45, 2.75) is 64.2 Å². The fraction of sp³-hybridized carbons (Fsp3) is 0.600. The van der Waals surface area contributed by atoms with Gasteiger partial charge in [-0.25, -0.2) is 4.98 Å². The van der Waals surface area contributed by atoms with Crippen LogP contribution in [0.15, 0.2) is 30.5 Å². The van der Waals surface area contributed by atoms with Gasteiger partial charge in [0.05, 0.1) is 26.2 Å². The van der Waals surface area contributed by atoms with Gasteiger partial charge in [-0.15, -0.1) is 0 Å². The molecule has 3 rings (SSSR count). The molecule has 1 heterocycles. The zero-order valence-electron chi connectivity index (χ0n) is 19.6. The molecule has 0 aliphatic heterocycles. The van der Waals surface area contributed by atoms with E-state index in [0.717, 1.165) is 36.3 Å². The Balaban J connectivity index is 1.45. The Bertz CT molecular complexity index is 828. The highest BCUT2D eigenvalue weighted by Gasteiger charge is 2.27. The molecule has 7 nitrogen and oxygen atoms in total. The van der Waals surface area contributed by atoms with E-state index in [1.165, 1.54) is 24.8 Å². The summed E-state index contributed by atoms with van der Waals surface area (Å²) >= 11 is 0. The summed E-state index contributed by atoms with van der Waals surface area (Å²) in [5.74, 6) is 0.996. The molecule has 1 aromatic carbocycles. The van der Waals surface area contributed by atoms with E-state index in [1.54, 1.807) is 14.2 Å². The van der Waals surface area contributed by atoms with Crippen LogP contribution in [0.2, 0.25) is 0 Å². The van der Waals surface area contributed by atoms with Crippen molar-refractivity contribution in [2.24, 2.45) is 0 Å². The summed E-state index contributed by atoms with van der Waals surface area (Å²) in [5.41, 5.74) is 3.30. The number of carbonyl (C=O) groups is 1. The fourth-order valence-corrected chi connectivity index (χ4v) is 4.28. The van der Waals surface area contributed by atoms with E-state index in [0.29, 0.717) is 26.2 Å². The zero-order valence-corrected chi connectivity index (χ0v) is 19.6. The van der Waals surface area contributed by atoms with Crippen molar-refractivity contribution < 1.29 is 19.0 Å². The van der Waals surface area contributed by atoms with Crippen LogP contribution in [0.3, 0.4) is 0 Å². The van der Waals surface area contributed by atoms with Crippen molar-refractivity contribution in [1.29, 1.82) is 0 Å². The molecule has 0 spiro atoms. The first-order valence-electron chi connectivity index (χ1n) is 11.6. The van der Waals surface area contributed by atoms with E-state index in [1.807, 2.05) is 24.1 Å². The Morgan fingerprint density at radius 3 is 2.66 bits per heavy atom. The van der Waals surface area contributed by atoms with Gasteiger partial charge >= 0.3 is 0 Å². The first-order chi connectivity index (χ1) is 15.6. The molecule has 32 heavy (non-hydrogen) atoms. The Hall–Kier alpha value is -2.22. The Morgan fingerprint density at radius 2 is 1.97 bits per heavy atom. The third-order valence-corrected chi connectivity index (χ3v) is 6.11. The summed E-state index contributed by atoms with van der Waals surface area (Å²) < 4.78 is 16.5. The minimum absolute atomic E-state index is 0.117. The largest absolute Gasteiger partial charge is 0.381 e. The maximum Gasteiger partial charge on any atom is 0.225 e. The highest BCUT2D eigenvalue weighted by Crippen LogP contribution is 2.24. The predicted octanol–water partition coefficient (Wildman–Crippen LogP) is 4.11. The van der Waals surface area contributed by atoms with Crippen molar-refractivity contribution in [1.82, 2.24) is 14.9 Å². The molecule has 1 amide bonds. The summed E-state index contributed by atoms with van der Waals surface area (Å²) in [4.78, 5) is 22.6. The van der Waals surface area contributed by atoms with E-state index >= 15 is 0 Å².